The fourth-order valence-electron chi connectivity index (χ4n) is 3.39. The molecular weight excluding hydrogens is 296 g/mol. The molecule has 5 nitrogen and oxygen atoms in total. The van der Waals surface area contributed by atoms with Gasteiger partial charge in [0.05, 0.1) is 25.4 Å². The summed E-state index contributed by atoms with van der Waals surface area (Å²) in [6.07, 6.45) is 3.17. The van der Waals surface area contributed by atoms with Crippen molar-refractivity contribution in [3.05, 3.63) is 33.4 Å². The van der Waals surface area contributed by atoms with Gasteiger partial charge < -0.3 is 18.9 Å². The minimum Gasteiger partial charge on any atom is -0.457 e. The van der Waals surface area contributed by atoms with E-state index in [9.17, 15) is 4.79 Å². The fourth-order valence-corrected chi connectivity index (χ4v) is 3.39. The number of methoxy groups -OCH3 is 1. The first-order valence-corrected chi connectivity index (χ1v) is 8.21. The molecule has 0 saturated carbocycles. The molecular formula is C18H24O5. The summed E-state index contributed by atoms with van der Waals surface area (Å²) in [7, 11) is 1.68. The van der Waals surface area contributed by atoms with Gasteiger partial charge in [-0.15, -0.1) is 0 Å². The summed E-state index contributed by atoms with van der Waals surface area (Å²) in [5.41, 5.74) is 5.78. The zero-order valence-electron chi connectivity index (χ0n) is 13.9. The fraction of sp³-hybridized carbons (Fsp3) is 0.611. The molecule has 1 aromatic carbocycles. The van der Waals surface area contributed by atoms with Crippen molar-refractivity contribution in [2.45, 2.75) is 52.6 Å². The van der Waals surface area contributed by atoms with E-state index in [1.54, 1.807) is 7.11 Å². The number of cyclic esters (lactones) is 1. The van der Waals surface area contributed by atoms with Gasteiger partial charge in [0, 0.05) is 25.9 Å². The van der Waals surface area contributed by atoms with Gasteiger partial charge in [-0.25, -0.2) is 4.79 Å². The molecule has 0 saturated heterocycles. The van der Waals surface area contributed by atoms with E-state index in [0.29, 0.717) is 32.0 Å². The third-order valence-corrected chi connectivity index (χ3v) is 4.63. The monoisotopic (exact) mass is 320 g/mol. The lowest BCUT2D eigenvalue weighted by Crippen LogP contribution is -2.14. The molecule has 0 aromatic heterocycles. The molecule has 5 heteroatoms. The molecule has 1 aromatic rings. The summed E-state index contributed by atoms with van der Waals surface area (Å²) in [6, 6.07) is 0. The maximum atomic E-state index is 12.1. The Balaban J connectivity index is 2.10. The quantitative estimate of drug-likeness (QED) is 0.784. The number of esters is 1. The van der Waals surface area contributed by atoms with Crippen molar-refractivity contribution in [2.24, 2.45) is 0 Å². The molecule has 2 aliphatic rings. The Morgan fingerprint density at radius 2 is 1.65 bits per heavy atom. The molecule has 0 amide bonds. The number of benzene rings is 1. The van der Waals surface area contributed by atoms with E-state index < -0.39 is 0 Å². The molecule has 0 radical (unpaired) electrons. The number of hydrogen-bond acceptors (Lipinski definition) is 5. The van der Waals surface area contributed by atoms with Crippen LogP contribution in [0.15, 0.2) is 0 Å². The minimum absolute atomic E-state index is 0.240. The number of fused-ring (bicyclic) bond motifs is 4. The SMILES string of the molecule is COCc1c2c(C)c3c(c1COCCCCCOC2)COC3=O. The van der Waals surface area contributed by atoms with Crippen LogP contribution >= 0.6 is 0 Å². The van der Waals surface area contributed by atoms with Gasteiger partial charge in [0.15, 0.2) is 0 Å². The van der Waals surface area contributed by atoms with Crippen LogP contribution < -0.4 is 0 Å². The van der Waals surface area contributed by atoms with Crippen LogP contribution in [0.5, 0.6) is 0 Å². The second-order valence-corrected chi connectivity index (χ2v) is 6.09. The lowest BCUT2D eigenvalue weighted by atomic mass is 9.88. The predicted octanol–water partition coefficient (Wildman–Crippen LogP) is 3.03. The highest BCUT2D eigenvalue weighted by Gasteiger charge is 2.31. The van der Waals surface area contributed by atoms with Gasteiger partial charge in [-0.05, 0) is 48.4 Å². The maximum Gasteiger partial charge on any atom is 0.339 e. The Kier molecular flexibility index (Phi) is 5.30. The highest BCUT2D eigenvalue weighted by atomic mass is 16.5. The summed E-state index contributed by atoms with van der Waals surface area (Å²) in [5, 5.41) is 0. The first-order chi connectivity index (χ1) is 11.2. The van der Waals surface area contributed by atoms with Crippen molar-refractivity contribution in [3.63, 3.8) is 0 Å². The topological polar surface area (TPSA) is 54.0 Å². The molecule has 0 unspecified atom stereocenters. The second-order valence-electron chi connectivity index (χ2n) is 6.09. The molecule has 0 N–H and O–H groups in total. The Morgan fingerprint density at radius 3 is 2.35 bits per heavy atom. The number of rotatable bonds is 2. The van der Waals surface area contributed by atoms with Crippen molar-refractivity contribution >= 4 is 5.97 Å². The summed E-state index contributed by atoms with van der Waals surface area (Å²) in [5.74, 6) is -0.240. The lowest BCUT2D eigenvalue weighted by Gasteiger charge is -2.21. The van der Waals surface area contributed by atoms with Gasteiger partial charge in [0.2, 0.25) is 0 Å². The van der Waals surface area contributed by atoms with E-state index >= 15 is 0 Å². The summed E-state index contributed by atoms with van der Waals surface area (Å²) >= 11 is 0. The van der Waals surface area contributed by atoms with Crippen LogP contribution in [0, 0.1) is 6.92 Å². The first kappa shape index (κ1) is 16.4. The maximum absolute atomic E-state index is 12.1. The van der Waals surface area contributed by atoms with Crippen molar-refractivity contribution < 1.29 is 23.7 Å². The Bertz CT molecular complexity index is 594. The zero-order valence-corrected chi connectivity index (χ0v) is 13.9. The van der Waals surface area contributed by atoms with E-state index in [4.69, 9.17) is 18.9 Å². The van der Waals surface area contributed by atoms with Gasteiger partial charge in [-0.1, -0.05) is 0 Å². The molecule has 23 heavy (non-hydrogen) atoms. The van der Waals surface area contributed by atoms with Gasteiger partial charge in [0.1, 0.15) is 6.61 Å². The number of carbonyl (C=O) groups excluding carboxylic acids is 1. The van der Waals surface area contributed by atoms with Crippen molar-refractivity contribution in [1.29, 1.82) is 0 Å². The largest absolute Gasteiger partial charge is 0.457 e. The Hall–Kier alpha value is -1.43. The van der Waals surface area contributed by atoms with Crippen LogP contribution in [0.25, 0.3) is 0 Å². The minimum atomic E-state index is -0.240. The van der Waals surface area contributed by atoms with Crippen LogP contribution in [0.2, 0.25) is 0 Å². The Labute approximate surface area is 136 Å². The van der Waals surface area contributed by atoms with E-state index in [0.717, 1.165) is 60.3 Å². The average Bonchev–Trinajstić information content (AvgIpc) is 2.91. The third kappa shape index (κ3) is 3.27. The molecule has 2 bridgehead atoms. The molecule has 0 aliphatic carbocycles. The summed E-state index contributed by atoms with van der Waals surface area (Å²) < 4.78 is 22.4. The molecule has 2 aliphatic heterocycles. The highest BCUT2D eigenvalue weighted by molar-refractivity contribution is 5.96. The average molecular weight is 320 g/mol. The van der Waals surface area contributed by atoms with Crippen LogP contribution in [-0.2, 0) is 45.4 Å². The van der Waals surface area contributed by atoms with Crippen molar-refractivity contribution in [3.8, 4) is 0 Å². The Morgan fingerprint density at radius 1 is 0.957 bits per heavy atom. The highest BCUT2D eigenvalue weighted by Crippen LogP contribution is 2.34. The lowest BCUT2D eigenvalue weighted by molar-refractivity contribution is 0.0532. The van der Waals surface area contributed by atoms with E-state index in [2.05, 4.69) is 0 Å². The zero-order chi connectivity index (χ0) is 16.2. The molecule has 0 spiro atoms. The van der Waals surface area contributed by atoms with Gasteiger partial charge in [0.25, 0.3) is 0 Å². The summed E-state index contributed by atoms with van der Waals surface area (Å²) in [4.78, 5) is 12.1. The number of hydrogen-bond donors (Lipinski definition) is 0. The van der Waals surface area contributed by atoms with E-state index in [1.165, 1.54) is 0 Å². The predicted molar refractivity (Wildman–Crippen MR) is 84.2 cm³/mol. The third-order valence-electron chi connectivity index (χ3n) is 4.63. The number of ether oxygens (including phenoxy) is 4. The first-order valence-electron chi connectivity index (χ1n) is 8.21. The van der Waals surface area contributed by atoms with Gasteiger partial charge in [-0.3, -0.25) is 0 Å². The second kappa shape index (κ2) is 7.43. The molecule has 0 atom stereocenters. The van der Waals surface area contributed by atoms with E-state index in [1.807, 2.05) is 6.92 Å². The summed E-state index contributed by atoms with van der Waals surface area (Å²) in [6.45, 7) is 5.22. The van der Waals surface area contributed by atoms with E-state index in [-0.39, 0.29) is 5.97 Å². The number of carbonyl (C=O) groups is 1. The standard InChI is InChI=1S/C18H24O5/c1-12-13-9-21-6-4-3-5-7-22-10-15(14(13)8-20-2)16-11-23-18(19)17(12)16/h3-11H2,1-2H3. The van der Waals surface area contributed by atoms with Crippen LogP contribution in [-0.4, -0.2) is 26.3 Å². The van der Waals surface area contributed by atoms with Crippen molar-refractivity contribution in [1.82, 2.24) is 0 Å². The van der Waals surface area contributed by atoms with Crippen LogP contribution in [0.4, 0.5) is 0 Å². The van der Waals surface area contributed by atoms with Gasteiger partial charge in [-0.2, -0.15) is 0 Å². The van der Waals surface area contributed by atoms with Crippen LogP contribution in [0.3, 0.4) is 0 Å². The van der Waals surface area contributed by atoms with Crippen LogP contribution in [0.1, 0.15) is 57.4 Å². The van der Waals surface area contributed by atoms with Crippen molar-refractivity contribution in [2.75, 3.05) is 20.3 Å². The molecule has 126 valence electrons. The smallest absolute Gasteiger partial charge is 0.339 e. The molecule has 3 rings (SSSR count). The molecule has 0 fully saturated rings. The molecule has 2 heterocycles. The van der Waals surface area contributed by atoms with Gasteiger partial charge >= 0.3 is 5.97 Å². The normalized spacial score (nSPS) is 18.8.